The van der Waals surface area contributed by atoms with Gasteiger partial charge in [-0.3, -0.25) is 4.79 Å². The molecule has 17 heavy (non-hydrogen) atoms. The van der Waals surface area contributed by atoms with Gasteiger partial charge in [-0.05, 0) is 57.5 Å². The van der Waals surface area contributed by atoms with Crippen LogP contribution in [-0.2, 0) is 4.79 Å². The molecule has 0 bridgehead atoms. The van der Waals surface area contributed by atoms with Crippen LogP contribution in [0.2, 0.25) is 0 Å². The third-order valence-electron chi connectivity index (χ3n) is 3.75. The van der Waals surface area contributed by atoms with E-state index in [0.29, 0.717) is 0 Å². The second-order valence-corrected chi connectivity index (χ2v) is 7.23. The van der Waals surface area contributed by atoms with Crippen molar-refractivity contribution < 1.29 is 9.90 Å². The van der Waals surface area contributed by atoms with E-state index in [-0.39, 0.29) is 17.3 Å². The SMILES string of the molecule is CC1(C)CCC(C(=O)O)C(c2cscc2Br)C1. The molecule has 0 aromatic carbocycles. The molecular formula is C13H17BrO2S. The molecule has 0 aliphatic heterocycles. The zero-order valence-electron chi connectivity index (χ0n) is 10.1. The van der Waals surface area contributed by atoms with Gasteiger partial charge in [0.25, 0.3) is 0 Å². The molecule has 1 aliphatic rings. The van der Waals surface area contributed by atoms with Crippen molar-refractivity contribution in [2.75, 3.05) is 0 Å². The van der Waals surface area contributed by atoms with E-state index in [4.69, 9.17) is 0 Å². The summed E-state index contributed by atoms with van der Waals surface area (Å²) in [6, 6.07) is 0. The van der Waals surface area contributed by atoms with Crippen LogP contribution in [0.5, 0.6) is 0 Å². The smallest absolute Gasteiger partial charge is 0.307 e. The minimum atomic E-state index is -0.649. The Morgan fingerprint density at radius 1 is 1.53 bits per heavy atom. The third-order valence-corrected chi connectivity index (χ3v) is 5.50. The molecule has 1 aromatic rings. The third kappa shape index (κ3) is 2.74. The van der Waals surface area contributed by atoms with Gasteiger partial charge >= 0.3 is 5.97 Å². The van der Waals surface area contributed by atoms with Gasteiger partial charge in [0, 0.05) is 9.85 Å². The van der Waals surface area contributed by atoms with E-state index in [9.17, 15) is 9.90 Å². The van der Waals surface area contributed by atoms with Crippen LogP contribution in [0, 0.1) is 11.3 Å². The normalized spacial score (nSPS) is 27.9. The molecule has 1 aromatic heterocycles. The summed E-state index contributed by atoms with van der Waals surface area (Å²) in [4.78, 5) is 11.4. The first-order chi connectivity index (χ1) is 7.91. The summed E-state index contributed by atoms with van der Waals surface area (Å²) in [6.07, 6.45) is 2.75. The number of carboxylic acid groups (broad SMARTS) is 1. The molecule has 1 heterocycles. The maximum atomic E-state index is 11.4. The van der Waals surface area contributed by atoms with Crippen LogP contribution in [0.4, 0.5) is 0 Å². The molecule has 0 saturated heterocycles. The zero-order valence-corrected chi connectivity index (χ0v) is 12.5. The number of hydrogen-bond acceptors (Lipinski definition) is 2. The number of aliphatic carboxylic acids is 1. The topological polar surface area (TPSA) is 37.3 Å². The van der Waals surface area contributed by atoms with Crippen molar-refractivity contribution in [3.8, 4) is 0 Å². The van der Waals surface area contributed by atoms with E-state index in [1.54, 1.807) is 11.3 Å². The summed E-state index contributed by atoms with van der Waals surface area (Å²) in [5, 5.41) is 13.5. The molecule has 0 radical (unpaired) electrons. The molecule has 1 aliphatic carbocycles. The second-order valence-electron chi connectivity index (χ2n) is 5.63. The average molecular weight is 317 g/mol. The van der Waals surface area contributed by atoms with Crippen LogP contribution >= 0.6 is 27.3 Å². The monoisotopic (exact) mass is 316 g/mol. The highest BCUT2D eigenvalue weighted by atomic mass is 79.9. The van der Waals surface area contributed by atoms with Gasteiger partial charge in [0.15, 0.2) is 0 Å². The number of halogens is 1. The highest BCUT2D eigenvalue weighted by Gasteiger charge is 2.40. The van der Waals surface area contributed by atoms with E-state index < -0.39 is 5.97 Å². The molecular weight excluding hydrogens is 300 g/mol. The number of carbonyl (C=O) groups is 1. The Morgan fingerprint density at radius 3 is 2.76 bits per heavy atom. The van der Waals surface area contributed by atoms with E-state index in [1.165, 1.54) is 5.56 Å². The highest BCUT2D eigenvalue weighted by molar-refractivity contribution is 9.10. The molecule has 2 nitrogen and oxygen atoms in total. The second kappa shape index (κ2) is 4.73. The summed E-state index contributed by atoms with van der Waals surface area (Å²) in [6.45, 7) is 4.47. The fraction of sp³-hybridized carbons (Fsp3) is 0.615. The maximum Gasteiger partial charge on any atom is 0.307 e. The fourth-order valence-electron chi connectivity index (χ4n) is 2.77. The molecule has 0 spiro atoms. The highest BCUT2D eigenvalue weighted by Crippen LogP contribution is 2.48. The number of rotatable bonds is 2. The molecule has 0 amide bonds. The Hall–Kier alpha value is -0.350. The van der Waals surface area contributed by atoms with Gasteiger partial charge in [0.2, 0.25) is 0 Å². The van der Waals surface area contributed by atoms with E-state index in [1.807, 2.05) is 5.38 Å². The Balaban J connectivity index is 2.32. The van der Waals surface area contributed by atoms with E-state index in [0.717, 1.165) is 23.7 Å². The van der Waals surface area contributed by atoms with Gasteiger partial charge in [-0.1, -0.05) is 13.8 Å². The summed E-state index contributed by atoms with van der Waals surface area (Å²) in [7, 11) is 0. The molecule has 1 N–H and O–H groups in total. The van der Waals surface area contributed by atoms with Crippen molar-refractivity contribution >= 4 is 33.2 Å². The molecule has 2 atom stereocenters. The Morgan fingerprint density at radius 2 is 2.24 bits per heavy atom. The van der Waals surface area contributed by atoms with Crippen molar-refractivity contribution in [3.05, 3.63) is 20.8 Å². The van der Waals surface area contributed by atoms with Gasteiger partial charge in [-0.2, -0.15) is 11.3 Å². The summed E-state index contributed by atoms with van der Waals surface area (Å²) < 4.78 is 1.07. The quantitative estimate of drug-likeness (QED) is 0.871. The van der Waals surface area contributed by atoms with Crippen LogP contribution in [0.3, 0.4) is 0 Å². The standard InChI is InChI=1S/C13H17BrO2S/c1-13(2)4-3-8(12(15)16)9(5-13)10-6-17-7-11(10)14/h6-9H,3-5H2,1-2H3,(H,15,16). The minimum absolute atomic E-state index is 0.150. The predicted molar refractivity (Wildman–Crippen MR) is 73.5 cm³/mol. The van der Waals surface area contributed by atoms with Crippen LogP contribution in [0.25, 0.3) is 0 Å². The van der Waals surface area contributed by atoms with Gasteiger partial charge in [0.05, 0.1) is 5.92 Å². The molecule has 1 saturated carbocycles. The summed E-state index contributed by atoms with van der Waals surface area (Å²) in [5.74, 6) is -0.727. The van der Waals surface area contributed by atoms with Crippen LogP contribution in [0.1, 0.15) is 44.6 Å². The number of carboxylic acids is 1. The van der Waals surface area contributed by atoms with Gasteiger partial charge in [0.1, 0.15) is 0 Å². The average Bonchev–Trinajstić information content (AvgIpc) is 2.62. The molecule has 94 valence electrons. The Bertz CT molecular complexity index is 425. The fourth-order valence-corrected chi connectivity index (χ4v) is 4.42. The van der Waals surface area contributed by atoms with Crippen LogP contribution in [0.15, 0.2) is 15.2 Å². The van der Waals surface area contributed by atoms with Crippen molar-refractivity contribution in [2.45, 2.75) is 39.0 Å². The van der Waals surface area contributed by atoms with Crippen molar-refractivity contribution in [1.29, 1.82) is 0 Å². The van der Waals surface area contributed by atoms with Crippen LogP contribution < -0.4 is 0 Å². The molecule has 2 unspecified atom stereocenters. The Kier molecular flexibility index (Phi) is 3.64. The van der Waals surface area contributed by atoms with Gasteiger partial charge < -0.3 is 5.11 Å². The van der Waals surface area contributed by atoms with Crippen molar-refractivity contribution in [2.24, 2.45) is 11.3 Å². The van der Waals surface area contributed by atoms with Gasteiger partial charge in [-0.15, -0.1) is 0 Å². The first-order valence-electron chi connectivity index (χ1n) is 5.85. The zero-order chi connectivity index (χ0) is 12.6. The Labute approximate surface area is 114 Å². The van der Waals surface area contributed by atoms with E-state index >= 15 is 0 Å². The number of thiophene rings is 1. The lowest BCUT2D eigenvalue weighted by atomic mass is 9.65. The lowest BCUT2D eigenvalue weighted by molar-refractivity contribution is -0.144. The first kappa shape index (κ1) is 13.1. The van der Waals surface area contributed by atoms with Crippen LogP contribution in [-0.4, -0.2) is 11.1 Å². The molecule has 4 heteroatoms. The number of hydrogen-bond donors (Lipinski definition) is 1. The van der Waals surface area contributed by atoms with Gasteiger partial charge in [-0.25, -0.2) is 0 Å². The first-order valence-corrected chi connectivity index (χ1v) is 7.59. The minimum Gasteiger partial charge on any atom is -0.481 e. The lowest BCUT2D eigenvalue weighted by Crippen LogP contribution is -2.32. The summed E-state index contributed by atoms with van der Waals surface area (Å²) >= 11 is 5.17. The molecule has 1 fully saturated rings. The largest absolute Gasteiger partial charge is 0.481 e. The maximum absolute atomic E-state index is 11.4. The summed E-state index contributed by atoms with van der Waals surface area (Å²) in [5.41, 5.74) is 1.42. The predicted octanol–water partition coefficient (Wildman–Crippen LogP) is 4.51. The van der Waals surface area contributed by atoms with E-state index in [2.05, 4.69) is 35.2 Å². The van der Waals surface area contributed by atoms with Crippen molar-refractivity contribution in [1.82, 2.24) is 0 Å². The van der Waals surface area contributed by atoms with Crippen molar-refractivity contribution in [3.63, 3.8) is 0 Å². The molecule has 2 rings (SSSR count). The lowest BCUT2D eigenvalue weighted by Gasteiger charge is -2.39.